The Bertz CT molecular complexity index is 425. The molecule has 1 aromatic rings. The normalized spacial score (nSPS) is 23.0. The highest BCUT2D eigenvalue weighted by atomic mass is 16.5. The van der Waals surface area contributed by atoms with Gasteiger partial charge in [0.25, 0.3) is 0 Å². The number of carboxylic acid groups (broad SMARTS) is 1. The molecule has 0 atom stereocenters. The minimum atomic E-state index is -0.652. The summed E-state index contributed by atoms with van der Waals surface area (Å²) in [6, 6.07) is 8.57. The number of carbonyl (C=O) groups is 1. The van der Waals surface area contributed by atoms with E-state index < -0.39 is 5.97 Å². The first kappa shape index (κ1) is 13.9. The molecule has 0 spiro atoms. The lowest BCUT2D eigenvalue weighted by Crippen LogP contribution is -2.29. The van der Waals surface area contributed by atoms with Crippen molar-refractivity contribution < 1.29 is 14.6 Å². The summed E-state index contributed by atoms with van der Waals surface area (Å²) < 4.78 is 5.12. The molecule has 104 valence electrons. The second-order valence-electron chi connectivity index (χ2n) is 5.16. The number of rotatable bonds is 5. The zero-order chi connectivity index (χ0) is 13.7. The van der Waals surface area contributed by atoms with Crippen molar-refractivity contribution in [2.24, 2.45) is 5.92 Å². The summed E-state index contributed by atoms with van der Waals surface area (Å²) in [5.41, 5.74) is 2.24. The monoisotopic (exact) mass is 263 g/mol. The van der Waals surface area contributed by atoms with E-state index in [9.17, 15) is 4.79 Å². The fourth-order valence-electron chi connectivity index (χ4n) is 2.64. The summed E-state index contributed by atoms with van der Waals surface area (Å²) in [5.74, 6) is -0.807. The lowest BCUT2D eigenvalue weighted by atomic mass is 9.86. The standard InChI is InChI=1S/C15H21NO3/c1-19-10-11-3-2-4-14(9-11)16-13-7-5-12(6-8-13)15(17)18/h2-4,9,12-13,16H,5-8,10H2,1H3,(H,17,18). The summed E-state index contributed by atoms with van der Waals surface area (Å²) in [5, 5.41) is 12.5. The summed E-state index contributed by atoms with van der Waals surface area (Å²) in [6.07, 6.45) is 3.38. The van der Waals surface area contributed by atoms with E-state index in [1.165, 1.54) is 0 Å². The van der Waals surface area contributed by atoms with Crippen LogP contribution in [0.3, 0.4) is 0 Å². The quantitative estimate of drug-likeness (QED) is 0.857. The van der Waals surface area contributed by atoms with E-state index in [0.29, 0.717) is 12.6 Å². The van der Waals surface area contributed by atoms with Crippen molar-refractivity contribution in [2.75, 3.05) is 12.4 Å². The van der Waals surface area contributed by atoms with Crippen LogP contribution in [-0.2, 0) is 16.1 Å². The first-order valence-corrected chi connectivity index (χ1v) is 6.76. The molecule has 0 aromatic heterocycles. The molecule has 1 aromatic carbocycles. The Hall–Kier alpha value is -1.55. The Kier molecular flexibility index (Phi) is 4.80. The molecule has 2 rings (SSSR count). The third-order valence-electron chi connectivity index (χ3n) is 3.69. The van der Waals surface area contributed by atoms with E-state index in [1.807, 2.05) is 18.2 Å². The number of benzene rings is 1. The number of hydrogen-bond acceptors (Lipinski definition) is 3. The van der Waals surface area contributed by atoms with Gasteiger partial charge in [0, 0.05) is 18.8 Å². The van der Waals surface area contributed by atoms with Gasteiger partial charge in [0.2, 0.25) is 0 Å². The van der Waals surface area contributed by atoms with Gasteiger partial charge in [-0.1, -0.05) is 12.1 Å². The van der Waals surface area contributed by atoms with Crippen molar-refractivity contribution in [2.45, 2.75) is 38.3 Å². The molecule has 1 fully saturated rings. The fourth-order valence-corrected chi connectivity index (χ4v) is 2.64. The van der Waals surface area contributed by atoms with Gasteiger partial charge < -0.3 is 15.2 Å². The average molecular weight is 263 g/mol. The van der Waals surface area contributed by atoms with Gasteiger partial charge in [-0.2, -0.15) is 0 Å². The highest BCUT2D eigenvalue weighted by molar-refractivity contribution is 5.70. The summed E-state index contributed by atoms with van der Waals surface area (Å²) in [6.45, 7) is 0.612. The molecule has 0 radical (unpaired) electrons. The number of ether oxygens (including phenoxy) is 1. The molecular formula is C15H21NO3. The maximum atomic E-state index is 10.9. The minimum absolute atomic E-state index is 0.155. The lowest BCUT2D eigenvalue weighted by Gasteiger charge is -2.27. The topological polar surface area (TPSA) is 58.6 Å². The first-order valence-electron chi connectivity index (χ1n) is 6.76. The van der Waals surface area contributed by atoms with Gasteiger partial charge >= 0.3 is 5.97 Å². The van der Waals surface area contributed by atoms with E-state index in [1.54, 1.807) is 7.11 Å². The Balaban J connectivity index is 1.88. The molecule has 0 amide bonds. The Morgan fingerprint density at radius 2 is 2.11 bits per heavy atom. The predicted molar refractivity (Wildman–Crippen MR) is 74.2 cm³/mol. The van der Waals surface area contributed by atoms with Crippen molar-refractivity contribution in [3.63, 3.8) is 0 Å². The molecule has 2 N–H and O–H groups in total. The molecular weight excluding hydrogens is 242 g/mol. The van der Waals surface area contributed by atoms with E-state index in [4.69, 9.17) is 9.84 Å². The van der Waals surface area contributed by atoms with Crippen LogP contribution in [0.25, 0.3) is 0 Å². The van der Waals surface area contributed by atoms with Gasteiger partial charge in [-0.3, -0.25) is 4.79 Å². The van der Waals surface area contributed by atoms with E-state index >= 15 is 0 Å². The second kappa shape index (κ2) is 6.57. The van der Waals surface area contributed by atoms with Crippen molar-refractivity contribution in [1.82, 2.24) is 0 Å². The highest BCUT2D eigenvalue weighted by Gasteiger charge is 2.25. The van der Waals surface area contributed by atoms with Crippen LogP contribution in [-0.4, -0.2) is 24.2 Å². The minimum Gasteiger partial charge on any atom is -0.481 e. The third kappa shape index (κ3) is 3.96. The van der Waals surface area contributed by atoms with Gasteiger partial charge in [-0.25, -0.2) is 0 Å². The van der Waals surface area contributed by atoms with Crippen molar-refractivity contribution in [1.29, 1.82) is 0 Å². The van der Waals surface area contributed by atoms with Crippen LogP contribution in [0, 0.1) is 5.92 Å². The number of anilines is 1. The molecule has 0 bridgehead atoms. The van der Waals surface area contributed by atoms with Crippen LogP contribution in [0.15, 0.2) is 24.3 Å². The average Bonchev–Trinajstić information content (AvgIpc) is 2.40. The largest absolute Gasteiger partial charge is 0.481 e. The molecule has 4 heteroatoms. The van der Waals surface area contributed by atoms with Crippen LogP contribution in [0.2, 0.25) is 0 Å². The van der Waals surface area contributed by atoms with Crippen LogP contribution < -0.4 is 5.32 Å². The number of methoxy groups -OCH3 is 1. The van der Waals surface area contributed by atoms with Gasteiger partial charge in [-0.05, 0) is 43.4 Å². The summed E-state index contributed by atoms with van der Waals surface area (Å²) >= 11 is 0. The second-order valence-corrected chi connectivity index (χ2v) is 5.16. The fraction of sp³-hybridized carbons (Fsp3) is 0.533. The van der Waals surface area contributed by atoms with Crippen molar-refractivity contribution in [3.05, 3.63) is 29.8 Å². The van der Waals surface area contributed by atoms with Crippen LogP contribution >= 0.6 is 0 Å². The van der Waals surface area contributed by atoms with Gasteiger partial charge in [0.15, 0.2) is 0 Å². The summed E-state index contributed by atoms with van der Waals surface area (Å²) in [4.78, 5) is 10.9. The number of aliphatic carboxylic acids is 1. The molecule has 0 saturated heterocycles. The van der Waals surface area contributed by atoms with Gasteiger partial charge in [0.1, 0.15) is 0 Å². The third-order valence-corrected chi connectivity index (χ3v) is 3.69. The molecule has 1 aliphatic carbocycles. The van der Waals surface area contributed by atoms with E-state index in [2.05, 4.69) is 11.4 Å². The van der Waals surface area contributed by atoms with E-state index in [-0.39, 0.29) is 5.92 Å². The molecule has 0 unspecified atom stereocenters. The Morgan fingerprint density at radius 1 is 1.37 bits per heavy atom. The molecule has 4 nitrogen and oxygen atoms in total. The SMILES string of the molecule is COCc1cccc(NC2CCC(C(=O)O)CC2)c1. The smallest absolute Gasteiger partial charge is 0.306 e. The lowest BCUT2D eigenvalue weighted by molar-refractivity contribution is -0.142. The molecule has 0 aliphatic heterocycles. The molecule has 1 saturated carbocycles. The zero-order valence-electron chi connectivity index (χ0n) is 11.3. The van der Waals surface area contributed by atoms with Crippen LogP contribution in [0.4, 0.5) is 5.69 Å². The summed E-state index contributed by atoms with van der Waals surface area (Å²) in [7, 11) is 1.69. The Morgan fingerprint density at radius 3 is 2.74 bits per heavy atom. The number of carboxylic acids is 1. The van der Waals surface area contributed by atoms with Crippen LogP contribution in [0.5, 0.6) is 0 Å². The van der Waals surface area contributed by atoms with Crippen molar-refractivity contribution in [3.8, 4) is 0 Å². The molecule has 1 aliphatic rings. The zero-order valence-corrected chi connectivity index (χ0v) is 11.3. The predicted octanol–water partition coefficient (Wildman–Crippen LogP) is 2.89. The maximum Gasteiger partial charge on any atom is 0.306 e. The first-order chi connectivity index (χ1) is 9.19. The highest BCUT2D eigenvalue weighted by Crippen LogP contribution is 2.27. The number of hydrogen-bond donors (Lipinski definition) is 2. The molecule has 19 heavy (non-hydrogen) atoms. The van der Waals surface area contributed by atoms with Crippen molar-refractivity contribution >= 4 is 11.7 Å². The van der Waals surface area contributed by atoms with Gasteiger partial charge in [0.05, 0.1) is 12.5 Å². The van der Waals surface area contributed by atoms with E-state index in [0.717, 1.165) is 36.9 Å². The van der Waals surface area contributed by atoms with Crippen LogP contribution in [0.1, 0.15) is 31.2 Å². The number of nitrogens with one attached hydrogen (secondary N) is 1. The maximum absolute atomic E-state index is 10.9. The Labute approximate surface area is 113 Å². The van der Waals surface area contributed by atoms with Gasteiger partial charge in [-0.15, -0.1) is 0 Å². The molecule has 0 heterocycles.